The topological polar surface area (TPSA) is 94.3 Å². The molecule has 0 N–H and O–H groups in total. The lowest BCUT2D eigenvalue weighted by Gasteiger charge is -2.46. The quantitative estimate of drug-likeness (QED) is 0.0723. The molecular weight excluding hydrogens is 1420 g/mol. The van der Waals surface area contributed by atoms with Crippen LogP contribution in [0.4, 0.5) is 48.7 Å². The monoisotopic (exact) mass is 1540 g/mol. The molecule has 0 unspecified atom stereocenters. The number of ether oxygens (including phenoxy) is 1. The minimum absolute atomic E-state index is 0.0118. The molecular formula is C86H115F10N11O3. The predicted molar refractivity (Wildman–Crippen MR) is 412 cm³/mol. The summed E-state index contributed by atoms with van der Waals surface area (Å²) in [7, 11) is 0. The van der Waals surface area contributed by atoms with Crippen LogP contribution in [0.5, 0.6) is 0 Å². The molecule has 602 valence electrons. The minimum Gasteiger partial charge on any atom is -0.440 e. The summed E-state index contributed by atoms with van der Waals surface area (Å²) in [5.74, 6) is -1.91. The van der Waals surface area contributed by atoms with Crippen LogP contribution in [0.25, 0.3) is 35.5 Å². The normalized spacial score (nSPS) is 22.7. The molecule has 110 heavy (non-hydrogen) atoms. The first-order chi connectivity index (χ1) is 51.7. The molecule has 6 heterocycles. The summed E-state index contributed by atoms with van der Waals surface area (Å²) in [6, 6.07) is 29.3. The van der Waals surface area contributed by atoms with E-state index in [-0.39, 0.29) is 52.2 Å². The number of piperidine rings is 5. The number of pyridine rings is 1. The van der Waals surface area contributed by atoms with Gasteiger partial charge in [0.2, 0.25) is 44.6 Å². The third-order valence-electron chi connectivity index (χ3n) is 25.1. The van der Waals surface area contributed by atoms with Crippen LogP contribution in [-0.4, -0.2) is 171 Å². The standard InChI is InChI=1S/C23H26F3N3.2C17H23FN2.C15H22F2N2O.C14H21F3N2O2/c1-17(2)22(16-27-3)10-12-29(13-11-22)15-18-4-9-21(28-14-18)19-5-7-20(8-6-19)23(24,25)26;2*1-14(2)17(13-19-3)9-10-20(12-16(17)18)11-15-7-5-4-6-8-15;1-11(2)14(10-18-3)4-6-19(7-5-14)13(20)12-8-15(16,17)9-12;1-12(2,3)13(9-18-4)5-7-19(8-6-13)11(20)21-10-14(15,16)17/h4-9,14,17H,10-13,15-16H2,1-2H3;2*4-8,14,16H,9-13H2,1-2H3;11-12H,4-10H2,1-2H3;5-10H2,1-3H3/t;16-,17+;16-,17-;;/m.10../s1. The lowest BCUT2D eigenvalue weighted by atomic mass is 9.61. The van der Waals surface area contributed by atoms with E-state index in [1.807, 2.05) is 76.2 Å². The van der Waals surface area contributed by atoms with Crippen molar-refractivity contribution >= 4 is 12.0 Å². The molecule has 10 rings (SSSR count). The smallest absolute Gasteiger partial charge is 0.422 e. The first-order valence-electron chi connectivity index (χ1n) is 38.7. The number of carbonyl (C=O) groups is 2. The van der Waals surface area contributed by atoms with E-state index >= 15 is 0 Å². The second-order valence-electron chi connectivity index (χ2n) is 33.6. The van der Waals surface area contributed by atoms with Crippen molar-refractivity contribution in [3.63, 3.8) is 0 Å². The second kappa shape index (κ2) is 40.1. The van der Waals surface area contributed by atoms with Crippen molar-refractivity contribution in [1.29, 1.82) is 0 Å². The summed E-state index contributed by atoms with van der Waals surface area (Å²) in [5, 5.41) is 0. The number of nitrogens with zero attached hydrogens (tertiary/aromatic N) is 11. The van der Waals surface area contributed by atoms with Crippen molar-refractivity contribution in [3.8, 4) is 11.3 Å². The lowest BCUT2D eigenvalue weighted by molar-refractivity contribution is -0.163. The van der Waals surface area contributed by atoms with Crippen molar-refractivity contribution < 1.29 is 58.2 Å². The van der Waals surface area contributed by atoms with E-state index in [0.29, 0.717) is 108 Å². The van der Waals surface area contributed by atoms with Gasteiger partial charge in [0, 0.05) is 100 Å². The number of likely N-dealkylation sites (tertiary alicyclic amines) is 5. The van der Waals surface area contributed by atoms with Crippen LogP contribution in [0.15, 0.2) is 103 Å². The van der Waals surface area contributed by atoms with Crippen LogP contribution in [0, 0.1) is 94.9 Å². The third-order valence-corrected chi connectivity index (χ3v) is 25.1. The van der Waals surface area contributed by atoms with Crippen molar-refractivity contribution in [1.82, 2.24) is 29.5 Å². The van der Waals surface area contributed by atoms with Gasteiger partial charge in [-0.05, 0) is 142 Å². The largest absolute Gasteiger partial charge is 0.440 e. The molecule has 6 fully saturated rings. The van der Waals surface area contributed by atoms with E-state index in [2.05, 4.69) is 121 Å². The predicted octanol–water partition coefficient (Wildman–Crippen LogP) is 20.5. The Hall–Kier alpha value is -7.82. The van der Waals surface area contributed by atoms with Gasteiger partial charge in [-0.3, -0.25) is 24.5 Å². The molecule has 14 nitrogen and oxygen atoms in total. The molecule has 1 saturated carbocycles. The molecule has 5 aliphatic heterocycles. The maximum absolute atomic E-state index is 14.7. The Kier molecular flexibility index (Phi) is 33.2. The highest BCUT2D eigenvalue weighted by Gasteiger charge is 2.53. The number of hydrogen-bond donors (Lipinski definition) is 0. The highest BCUT2D eigenvalue weighted by molar-refractivity contribution is 5.80. The van der Waals surface area contributed by atoms with Crippen molar-refractivity contribution in [2.45, 2.75) is 191 Å². The Morgan fingerprint density at radius 1 is 0.500 bits per heavy atom. The number of aromatic nitrogens is 1. The van der Waals surface area contributed by atoms with Crippen LogP contribution in [0.3, 0.4) is 0 Å². The fourth-order valence-electron chi connectivity index (χ4n) is 16.3. The number of halogens is 10. The molecule has 3 aromatic carbocycles. The molecule has 1 aromatic heterocycles. The molecule has 0 radical (unpaired) electrons. The fraction of sp³-hybridized carbons (Fsp3) is 0.651. The molecule has 4 atom stereocenters. The molecule has 6 aliphatic rings. The fourth-order valence-corrected chi connectivity index (χ4v) is 16.3. The van der Waals surface area contributed by atoms with E-state index in [4.69, 9.17) is 32.9 Å². The summed E-state index contributed by atoms with van der Waals surface area (Å²) in [4.78, 5) is 55.7. The second-order valence-corrected chi connectivity index (χ2v) is 33.6. The zero-order chi connectivity index (χ0) is 81.5. The Morgan fingerprint density at radius 3 is 1.26 bits per heavy atom. The SMILES string of the molecule is [C-]#[N+]CC1(C(C)(C)C)CCN(C(=O)OCC(F)(F)F)CC1.[C-]#[N+]CC1(C(C)C)CCN(C(=O)C2CC(F)(F)C2)CC1.[C-]#[N+]CC1(C(C)C)CCN(Cc2ccc(-c3ccc(C(F)(F)F)cc3)nc2)CC1.[C-]#[N+]C[C@]1(C(C)C)CCN(Cc2ccccc2)C[C@@H]1F.[C-]#[N+]C[C@]1(C(C)C)CCN(Cc2ccccc2)C[C@H]1F. The van der Waals surface area contributed by atoms with Crippen molar-refractivity contribution in [3.05, 3.63) is 183 Å². The Morgan fingerprint density at radius 2 is 0.909 bits per heavy atom. The van der Waals surface area contributed by atoms with E-state index in [0.717, 1.165) is 102 Å². The summed E-state index contributed by atoms with van der Waals surface area (Å²) in [5.41, 5.74) is 3.12. The Bertz CT molecular complexity index is 3620. The van der Waals surface area contributed by atoms with Gasteiger partial charge in [0.25, 0.3) is 0 Å². The highest BCUT2D eigenvalue weighted by Crippen LogP contribution is 2.49. The average Bonchev–Trinajstić information content (AvgIpc) is 0.791. The molecule has 4 aromatic rings. The summed E-state index contributed by atoms with van der Waals surface area (Å²) in [6.45, 7) is 68.1. The number of rotatable bonds is 18. The van der Waals surface area contributed by atoms with Gasteiger partial charge >= 0.3 is 18.4 Å². The van der Waals surface area contributed by atoms with Crippen molar-refractivity contribution in [2.75, 3.05) is 105 Å². The van der Waals surface area contributed by atoms with E-state index in [1.54, 1.807) is 11.1 Å². The first kappa shape index (κ1) is 91.1. The number of carbonyl (C=O) groups excluding carboxylic acids is 2. The van der Waals surface area contributed by atoms with E-state index in [1.165, 1.54) is 28.2 Å². The maximum Gasteiger partial charge on any atom is 0.422 e. The Balaban J connectivity index is 0.000000217. The number of benzene rings is 3. The highest BCUT2D eigenvalue weighted by atomic mass is 19.4. The molecule has 5 saturated heterocycles. The maximum atomic E-state index is 14.7. The molecule has 0 spiro atoms. The number of alkyl halides is 10. The summed E-state index contributed by atoms with van der Waals surface area (Å²) < 4.78 is 134. The lowest BCUT2D eigenvalue weighted by Crippen LogP contribution is -2.52. The third kappa shape index (κ3) is 24.8. The summed E-state index contributed by atoms with van der Waals surface area (Å²) in [6.07, 6.45) is -3.94. The van der Waals surface area contributed by atoms with Crippen molar-refractivity contribution in [2.24, 2.45) is 62.1 Å². The Labute approximate surface area is 648 Å². The van der Waals surface area contributed by atoms with Crippen LogP contribution in [-0.2, 0) is 35.3 Å². The van der Waals surface area contributed by atoms with E-state index in [9.17, 15) is 53.5 Å². The van der Waals surface area contributed by atoms with Gasteiger partial charge < -0.3 is 38.8 Å². The van der Waals surface area contributed by atoms with Gasteiger partial charge in [-0.15, -0.1) is 0 Å². The average molecular weight is 1540 g/mol. The van der Waals surface area contributed by atoms with Gasteiger partial charge in [-0.2, -0.15) is 26.3 Å². The van der Waals surface area contributed by atoms with Gasteiger partial charge in [0.15, 0.2) is 6.61 Å². The van der Waals surface area contributed by atoms with Gasteiger partial charge in [0.05, 0.1) is 27.5 Å². The first-order valence-corrected chi connectivity index (χ1v) is 38.7. The zero-order valence-electron chi connectivity index (χ0n) is 66.3. The molecule has 24 heteroatoms. The van der Waals surface area contributed by atoms with Gasteiger partial charge in [-0.25, -0.2) is 55.2 Å². The van der Waals surface area contributed by atoms with Gasteiger partial charge in [0.1, 0.15) is 12.3 Å². The zero-order valence-corrected chi connectivity index (χ0v) is 66.3. The number of hydrogen-bond acceptors (Lipinski definition) is 7. The summed E-state index contributed by atoms with van der Waals surface area (Å²) >= 11 is 0. The molecule has 1 aliphatic carbocycles. The van der Waals surface area contributed by atoms with Crippen LogP contribution < -0.4 is 0 Å². The van der Waals surface area contributed by atoms with E-state index < -0.39 is 65.6 Å². The molecule has 2 amide bonds. The number of amides is 2. The minimum atomic E-state index is -4.51. The van der Waals surface area contributed by atoms with Crippen LogP contribution >= 0.6 is 0 Å². The molecule has 0 bridgehead atoms. The van der Waals surface area contributed by atoms with Crippen LogP contribution in [0.1, 0.15) is 163 Å². The van der Waals surface area contributed by atoms with Crippen LogP contribution in [0.2, 0.25) is 0 Å². The van der Waals surface area contributed by atoms with Gasteiger partial charge in [-0.1, -0.05) is 155 Å².